The third kappa shape index (κ3) is 2.85. The fourth-order valence-corrected chi connectivity index (χ4v) is 2.79. The molecule has 24 heavy (non-hydrogen) atoms. The van der Waals surface area contributed by atoms with Crippen molar-refractivity contribution in [1.82, 2.24) is 9.38 Å². The van der Waals surface area contributed by atoms with Crippen LogP contribution in [-0.4, -0.2) is 42.6 Å². The molecule has 3 rings (SSSR count). The van der Waals surface area contributed by atoms with Crippen LogP contribution in [0.4, 0.5) is 5.82 Å². The van der Waals surface area contributed by atoms with Crippen LogP contribution in [-0.2, 0) is 0 Å². The Bertz CT molecular complexity index is 922. The zero-order valence-corrected chi connectivity index (χ0v) is 13.4. The monoisotopic (exact) mass is 321 g/mol. The maximum absolute atomic E-state index is 12.9. The summed E-state index contributed by atoms with van der Waals surface area (Å²) in [5.74, 6) is 0.543. The van der Waals surface area contributed by atoms with Gasteiger partial charge < -0.3 is 9.80 Å². The van der Waals surface area contributed by atoms with Gasteiger partial charge in [0.25, 0.3) is 5.56 Å². The number of hydrogen-bond donors (Lipinski definition) is 1. The molecule has 0 amide bonds. The highest BCUT2D eigenvalue weighted by molar-refractivity contribution is 5.71. The summed E-state index contributed by atoms with van der Waals surface area (Å²) in [5, 5.41) is 18.1. The largest absolute Gasteiger partial charge is 0.345 e. The van der Waals surface area contributed by atoms with Gasteiger partial charge in [0.1, 0.15) is 29.2 Å². The number of piperazine rings is 1. The Morgan fingerprint density at radius 3 is 2.67 bits per heavy atom. The van der Waals surface area contributed by atoms with Crippen LogP contribution in [0.2, 0.25) is 0 Å². The molecule has 1 aliphatic heterocycles. The van der Waals surface area contributed by atoms with E-state index in [0.29, 0.717) is 11.5 Å². The van der Waals surface area contributed by atoms with E-state index >= 15 is 0 Å². The highest BCUT2D eigenvalue weighted by atomic mass is 16.1. The summed E-state index contributed by atoms with van der Waals surface area (Å²) in [6.07, 6.45) is 2.98. The first kappa shape index (κ1) is 15.7. The summed E-state index contributed by atoms with van der Waals surface area (Å²) in [5.41, 5.74) is 0.461. The third-order valence-electron chi connectivity index (χ3n) is 4.20. The average molecular weight is 321 g/mol. The van der Waals surface area contributed by atoms with Crippen LogP contribution >= 0.6 is 0 Å². The molecule has 0 radical (unpaired) electrons. The van der Waals surface area contributed by atoms with E-state index in [-0.39, 0.29) is 16.7 Å². The number of pyridine rings is 1. The fraction of sp³-hybridized carbons (Fsp3) is 0.294. The number of anilines is 1. The molecule has 1 saturated heterocycles. The number of nitrogens with one attached hydrogen (secondary N) is 1. The molecule has 0 bridgehead atoms. The maximum Gasteiger partial charge on any atom is 0.267 e. The van der Waals surface area contributed by atoms with Crippen molar-refractivity contribution in [3.63, 3.8) is 0 Å². The van der Waals surface area contributed by atoms with Crippen molar-refractivity contribution in [2.45, 2.75) is 0 Å². The maximum atomic E-state index is 12.9. The second-order valence-electron chi connectivity index (χ2n) is 5.81. The quantitative estimate of drug-likeness (QED) is 0.750. The van der Waals surface area contributed by atoms with E-state index in [4.69, 9.17) is 10.5 Å². The number of hydrogen-bond acceptors (Lipinski definition) is 5. The molecule has 1 fully saturated rings. The standard InChI is InChI=1S/C17H16N6O/c1-21-6-8-22(9-7-21)16-14(10-13(11-18)12-19)17(24)23-5-3-2-4-15(23)20-16/h2-5,10H,6-9H2,1H3/p+1. The van der Waals surface area contributed by atoms with Gasteiger partial charge in [0.05, 0.1) is 38.8 Å². The molecule has 0 saturated carbocycles. The number of nitriles is 2. The topological polar surface area (TPSA) is 89.6 Å². The predicted molar refractivity (Wildman–Crippen MR) is 89.5 cm³/mol. The SMILES string of the molecule is C[NH+]1CCN(c2nc3ccccn3c(=O)c2C=C(C#N)C#N)CC1. The summed E-state index contributed by atoms with van der Waals surface area (Å²) >= 11 is 0. The smallest absolute Gasteiger partial charge is 0.267 e. The van der Waals surface area contributed by atoms with Crippen LogP contribution in [0.5, 0.6) is 0 Å². The van der Waals surface area contributed by atoms with Crippen LogP contribution in [0.25, 0.3) is 11.7 Å². The minimum atomic E-state index is -0.273. The van der Waals surface area contributed by atoms with Crippen LogP contribution < -0.4 is 15.4 Å². The molecule has 2 aromatic rings. The molecule has 3 heterocycles. The molecule has 1 N–H and O–H groups in total. The Labute approximate surface area is 139 Å². The first-order chi connectivity index (χ1) is 11.6. The van der Waals surface area contributed by atoms with Crippen molar-refractivity contribution in [3.8, 4) is 12.1 Å². The highest BCUT2D eigenvalue weighted by Gasteiger charge is 2.22. The Morgan fingerprint density at radius 2 is 2.00 bits per heavy atom. The van der Waals surface area contributed by atoms with Gasteiger partial charge in [-0.1, -0.05) is 6.07 Å². The molecule has 120 valence electrons. The minimum absolute atomic E-state index is 0.106. The van der Waals surface area contributed by atoms with E-state index in [1.54, 1.807) is 18.3 Å². The number of quaternary nitrogens is 1. The lowest BCUT2D eigenvalue weighted by Crippen LogP contribution is -3.12. The van der Waals surface area contributed by atoms with Gasteiger partial charge in [-0.3, -0.25) is 9.20 Å². The van der Waals surface area contributed by atoms with Crippen molar-refractivity contribution in [2.75, 3.05) is 38.1 Å². The van der Waals surface area contributed by atoms with Crippen LogP contribution in [0.1, 0.15) is 5.56 Å². The van der Waals surface area contributed by atoms with Crippen molar-refractivity contribution in [1.29, 1.82) is 10.5 Å². The summed E-state index contributed by atoms with van der Waals surface area (Å²) < 4.78 is 1.43. The number of fused-ring (bicyclic) bond motifs is 1. The van der Waals surface area contributed by atoms with E-state index in [1.165, 1.54) is 15.4 Å². The third-order valence-corrected chi connectivity index (χ3v) is 4.20. The number of allylic oxidation sites excluding steroid dienone is 1. The Hall–Kier alpha value is -3.16. The Kier molecular flexibility index (Phi) is 4.28. The summed E-state index contributed by atoms with van der Waals surface area (Å²) in [6.45, 7) is 3.44. The highest BCUT2D eigenvalue weighted by Crippen LogP contribution is 2.19. The van der Waals surface area contributed by atoms with Gasteiger partial charge >= 0.3 is 0 Å². The summed E-state index contributed by atoms with van der Waals surface area (Å²) in [6, 6.07) is 8.97. The van der Waals surface area contributed by atoms with Crippen LogP contribution in [0.15, 0.2) is 34.8 Å². The van der Waals surface area contributed by atoms with E-state index in [1.807, 2.05) is 18.2 Å². The molecule has 7 heteroatoms. The molecule has 2 aromatic heterocycles. The van der Waals surface area contributed by atoms with Crippen molar-refractivity contribution in [3.05, 3.63) is 45.9 Å². The van der Waals surface area contributed by atoms with Crippen molar-refractivity contribution < 1.29 is 4.90 Å². The van der Waals surface area contributed by atoms with E-state index < -0.39 is 0 Å². The molecular weight excluding hydrogens is 304 g/mol. The summed E-state index contributed by atoms with van der Waals surface area (Å²) in [4.78, 5) is 21.0. The van der Waals surface area contributed by atoms with Crippen molar-refractivity contribution in [2.24, 2.45) is 0 Å². The lowest BCUT2D eigenvalue weighted by molar-refractivity contribution is -0.880. The van der Waals surface area contributed by atoms with E-state index in [9.17, 15) is 4.79 Å². The van der Waals surface area contributed by atoms with Gasteiger partial charge in [0, 0.05) is 6.20 Å². The Balaban J connectivity index is 2.22. The second kappa shape index (κ2) is 6.53. The van der Waals surface area contributed by atoms with Gasteiger partial charge in [0.15, 0.2) is 0 Å². The first-order valence-corrected chi connectivity index (χ1v) is 7.73. The minimum Gasteiger partial charge on any atom is -0.345 e. The lowest BCUT2D eigenvalue weighted by Gasteiger charge is -2.31. The second-order valence-corrected chi connectivity index (χ2v) is 5.81. The zero-order chi connectivity index (χ0) is 17.1. The normalized spacial score (nSPS) is 14.9. The van der Waals surface area contributed by atoms with Crippen LogP contribution in [0, 0.1) is 22.7 Å². The molecule has 0 spiro atoms. The molecule has 0 aromatic carbocycles. The number of aromatic nitrogens is 2. The van der Waals surface area contributed by atoms with E-state index in [2.05, 4.69) is 16.9 Å². The van der Waals surface area contributed by atoms with Gasteiger partial charge in [-0.25, -0.2) is 4.98 Å². The predicted octanol–water partition coefficient (Wildman–Crippen LogP) is -0.540. The first-order valence-electron chi connectivity index (χ1n) is 7.73. The Morgan fingerprint density at radius 1 is 1.29 bits per heavy atom. The summed E-state index contributed by atoms with van der Waals surface area (Å²) in [7, 11) is 2.13. The fourth-order valence-electron chi connectivity index (χ4n) is 2.79. The zero-order valence-electron chi connectivity index (χ0n) is 13.4. The molecular formula is C17H17N6O+. The molecule has 0 aliphatic carbocycles. The molecule has 0 unspecified atom stereocenters. The van der Waals surface area contributed by atoms with Gasteiger partial charge in [-0.15, -0.1) is 0 Å². The van der Waals surface area contributed by atoms with Gasteiger partial charge in [-0.2, -0.15) is 10.5 Å². The van der Waals surface area contributed by atoms with Gasteiger partial charge in [-0.05, 0) is 18.2 Å². The van der Waals surface area contributed by atoms with E-state index in [0.717, 1.165) is 26.2 Å². The lowest BCUT2D eigenvalue weighted by atomic mass is 10.1. The van der Waals surface area contributed by atoms with Gasteiger partial charge in [0.2, 0.25) is 0 Å². The molecule has 1 aliphatic rings. The molecule has 7 nitrogen and oxygen atoms in total. The number of rotatable bonds is 2. The number of likely N-dealkylation sites (N-methyl/N-ethyl adjacent to an activating group) is 1. The number of nitrogens with zero attached hydrogens (tertiary/aromatic N) is 5. The van der Waals surface area contributed by atoms with Crippen molar-refractivity contribution >= 4 is 17.5 Å². The average Bonchev–Trinajstić information content (AvgIpc) is 2.62. The van der Waals surface area contributed by atoms with Crippen LogP contribution in [0.3, 0.4) is 0 Å². The molecule has 0 atom stereocenters.